The van der Waals surface area contributed by atoms with E-state index < -0.39 is 17.6 Å². The third kappa shape index (κ3) is 4.99. The highest BCUT2D eigenvalue weighted by Crippen LogP contribution is 2.07. The average molecular weight is 315 g/mol. The number of halogens is 1. The summed E-state index contributed by atoms with van der Waals surface area (Å²) >= 11 is 0. The van der Waals surface area contributed by atoms with Crippen LogP contribution in [-0.2, 0) is 4.79 Å². The first-order valence-corrected chi connectivity index (χ1v) is 6.84. The van der Waals surface area contributed by atoms with Crippen LogP contribution in [0.1, 0.15) is 33.6 Å². The molecule has 0 aliphatic rings. The summed E-state index contributed by atoms with van der Waals surface area (Å²) in [5.41, 5.74) is 5.08. The molecule has 1 heterocycles. The Morgan fingerprint density at radius 3 is 2.35 bits per heavy atom. The van der Waals surface area contributed by atoms with Gasteiger partial charge in [0.15, 0.2) is 5.78 Å². The standard InChI is InChI=1S/C16H14FN3O3/c17-13-5-3-11(4-6-13)14(21)7-8-15(22)19-20-16(23)12-2-1-9-18-10-12/h1-6,9-10H,7-8H2,(H,19,22)(H,20,23). The van der Waals surface area contributed by atoms with Crippen LogP contribution >= 0.6 is 0 Å². The minimum absolute atomic E-state index is 0.0414. The number of carbonyl (C=O) groups is 3. The van der Waals surface area contributed by atoms with Crippen LogP contribution in [0.4, 0.5) is 4.39 Å². The number of nitrogens with one attached hydrogen (secondary N) is 2. The largest absolute Gasteiger partial charge is 0.294 e. The van der Waals surface area contributed by atoms with E-state index in [0.717, 1.165) is 0 Å². The van der Waals surface area contributed by atoms with E-state index >= 15 is 0 Å². The summed E-state index contributed by atoms with van der Waals surface area (Å²) in [7, 11) is 0. The molecular weight excluding hydrogens is 301 g/mol. The number of hydrogen-bond acceptors (Lipinski definition) is 4. The Morgan fingerprint density at radius 2 is 1.70 bits per heavy atom. The minimum atomic E-state index is -0.503. The normalized spacial score (nSPS) is 9.96. The summed E-state index contributed by atoms with van der Waals surface area (Å²) in [6.07, 6.45) is 2.75. The third-order valence-electron chi connectivity index (χ3n) is 2.98. The summed E-state index contributed by atoms with van der Waals surface area (Å²) in [6.45, 7) is 0. The number of Topliss-reactive ketones (excluding diaryl/α,β-unsaturated/α-hetero) is 1. The number of carbonyl (C=O) groups excluding carboxylic acids is 3. The summed E-state index contributed by atoms with van der Waals surface area (Å²) in [5.74, 6) is -1.72. The Morgan fingerprint density at radius 1 is 0.957 bits per heavy atom. The van der Waals surface area contributed by atoms with Crippen LogP contribution in [0.2, 0.25) is 0 Å². The van der Waals surface area contributed by atoms with E-state index in [4.69, 9.17) is 0 Å². The highest BCUT2D eigenvalue weighted by atomic mass is 19.1. The Kier molecular flexibility index (Phi) is 5.51. The third-order valence-corrected chi connectivity index (χ3v) is 2.98. The monoisotopic (exact) mass is 315 g/mol. The van der Waals surface area contributed by atoms with Crippen LogP contribution in [0.3, 0.4) is 0 Å². The van der Waals surface area contributed by atoms with Gasteiger partial charge in [0, 0.05) is 30.8 Å². The molecule has 0 bridgehead atoms. The van der Waals surface area contributed by atoms with Crippen LogP contribution in [-0.4, -0.2) is 22.6 Å². The molecule has 7 heteroatoms. The molecule has 0 aliphatic heterocycles. The molecule has 0 saturated heterocycles. The van der Waals surface area contributed by atoms with Crippen LogP contribution < -0.4 is 10.9 Å². The molecule has 2 rings (SSSR count). The lowest BCUT2D eigenvalue weighted by atomic mass is 10.1. The fraction of sp³-hybridized carbons (Fsp3) is 0.125. The Balaban J connectivity index is 1.76. The number of nitrogens with zero attached hydrogens (tertiary/aromatic N) is 1. The number of amides is 2. The highest BCUT2D eigenvalue weighted by Gasteiger charge is 2.11. The lowest BCUT2D eigenvalue weighted by Gasteiger charge is -2.07. The van der Waals surface area contributed by atoms with Crippen molar-refractivity contribution in [2.75, 3.05) is 0 Å². The first kappa shape index (κ1) is 16.3. The maximum atomic E-state index is 12.8. The number of rotatable bonds is 5. The van der Waals surface area contributed by atoms with E-state index in [-0.39, 0.29) is 18.6 Å². The summed E-state index contributed by atoms with van der Waals surface area (Å²) < 4.78 is 12.8. The number of pyridine rings is 1. The van der Waals surface area contributed by atoms with Gasteiger partial charge in [0.25, 0.3) is 5.91 Å². The summed E-state index contributed by atoms with van der Waals surface area (Å²) in [5, 5.41) is 0. The second-order valence-corrected chi connectivity index (χ2v) is 4.67. The molecule has 2 aromatic rings. The van der Waals surface area contributed by atoms with E-state index in [0.29, 0.717) is 11.1 Å². The molecule has 1 aromatic carbocycles. The molecule has 0 atom stereocenters. The van der Waals surface area contributed by atoms with Gasteiger partial charge in [0.2, 0.25) is 5.91 Å². The zero-order valence-electron chi connectivity index (χ0n) is 12.1. The molecule has 6 nitrogen and oxygen atoms in total. The van der Waals surface area contributed by atoms with Gasteiger partial charge in [-0.1, -0.05) is 0 Å². The summed E-state index contributed by atoms with van der Waals surface area (Å²) in [4.78, 5) is 38.9. The molecule has 2 amide bonds. The van der Waals surface area contributed by atoms with E-state index in [2.05, 4.69) is 15.8 Å². The second kappa shape index (κ2) is 7.79. The van der Waals surface area contributed by atoms with Gasteiger partial charge in [-0.3, -0.25) is 30.2 Å². The van der Waals surface area contributed by atoms with Crippen molar-refractivity contribution in [3.8, 4) is 0 Å². The number of ketones is 1. The van der Waals surface area contributed by atoms with Gasteiger partial charge in [0.1, 0.15) is 5.82 Å². The van der Waals surface area contributed by atoms with Gasteiger partial charge < -0.3 is 0 Å². The zero-order chi connectivity index (χ0) is 16.7. The fourth-order valence-electron chi connectivity index (χ4n) is 1.77. The van der Waals surface area contributed by atoms with Crippen LogP contribution in [0.5, 0.6) is 0 Å². The lowest BCUT2D eigenvalue weighted by molar-refractivity contribution is -0.121. The predicted molar refractivity (Wildman–Crippen MR) is 79.8 cm³/mol. The summed E-state index contributed by atoms with van der Waals surface area (Å²) in [6, 6.07) is 8.23. The van der Waals surface area contributed by atoms with Crippen molar-refractivity contribution in [1.82, 2.24) is 15.8 Å². The van der Waals surface area contributed by atoms with Crippen molar-refractivity contribution in [3.63, 3.8) is 0 Å². The maximum Gasteiger partial charge on any atom is 0.271 e. The SMILES string of the molecule is O=C(CCC(=O)c1ccc(F)cc1)NNC(=O)c1cccnc1. The first-order chi connectivity index (χ1) is 11.1. The molecule has 0 unspecified atom stereocenters. The zero-order valence-corrected chi connectivity index (χ0v) is 12.1. The second-order valence-electron chi connectivity index (χ2n) is 4.67. The minimum Gasteiger partial charge on any atom is -0.294 e. The Labute approximate surface area is 131 Å². The van der Waals surface area contributed by atoms with Crippen molar-refractivity contribution in [3.05, 3.63) is 65.7 Å². The van der Waals surface area contributed by atoms with Crippen molar-refractivity contribution >= 4 is 17.6 Å². The van der Waals surface area contributed by atoms with Gasteiger partial charge >= 0.3 is 0 Å². The van der Waals surface area contributed by atoms with Crippen LogP contribution in [0.15, 0.2) is 48.8 Å². The Hall–Kier alpha value is -3.09. The lowest BCUT2D eigenvalue weighted by Crippen LogP contribution is -2.41. The van der Waals surface area contributed by atoms with Gasteiger partial charge in [-0.25, -0.2) is 4.39 Å². The number of benzene rings is 1. The van der Waals surface area contributed by atoms with Crippen molar-refractivity contribution in [2.45, 2.75) is 12.8 Å². The van der Waals surface area contributed by atoms with Gasteiger partial charge in [-0.15, -0.1) is 0 Å². The quantitative estimate of drug-likeness (QED) is 0.648. The predicted octanol–water partition coefficient (Wildman–Crippen LogP) is 1.64. The van der Waals surface area contributed by atoms with Crippen molar-refractivity contribution < 1.29 is 18.8 Å². The highest BCUT2D eigenvalue weighted by molar-refractivity contribution is 5.98. The van der Waals surface area contributed by atoms with E-state index in [9.17, 15) is 18.8 Å². The number of aromatic nitrogens is 1. The van der Waals surface area contributed by atoms with Gasteiger partial charge in [-0.2, -0.15) is 0 Å². The van der Waals surface area contributed by atoms with Gasteiger partial charge in [0.05, 0.1) is 5.56 Å². The smallest absolute Gasteiger partial charge is 0.271 e. The van der Waals surface area contributed by atoms with Crippen LogP contribution in [0, 0.1) is 5.82 Å². The first-order valence-electron chi connectivity index (χ1n) is 6.84. The molecule has 2 N–H and O–H groups in total. The molecular formula is C16H14FN3O3. The van der Waals surface area contributed by atoms with Crippen molar-refractivity contribution in [1.29, 1.82) is 0 Å². The molecule has 0 saturated carbocycles. The molecule has 0 fully saturated rings. The topological polar surface area (TPSA) is 88.2 Å². The molecule has 118 valence electrons. The fourth-order valence-corrected chi connectivity index (χ4v) is 1.77. The molecule has 0 radical (unpaired) electrons. The molecule has 0 spiro atoms. The van der Waals surface area contributed by atoms with Crippen LogP contribution in [0.25, 0.3) is 0 Å². The van der Waals surface area contributed by atoms with E-state index in [1.54, 1.807) is 12.1 Å². The molecule has 1 aromatic heterocycles. The van der Waals surface area contributed by atoms with Crippen molar-refractivity contribution in [2.24, 2.45) is 0 Å². The van der Waals surface area contributed by atoms with Gasteiger partial charge in [-0.05, 0) is 36.4 Å². The average Bonchev–Trinajstić information content (AvgIpc) is 2.59. The Bertz CT molecular complexity index is 702. The van der Waals surface area contributed by atoms with E-state index in [1.807, 2.05) is 0 Å². The molecule has 0 aliphatic carbocycles. The molecule has 23 heavy (non-hydrogen) atoms. The number of hydrazine groups is 1. The number of hydrogen-bond donors (Lipinski definition) is 2. The maximum absolute atomic E-state index is 12.8. The van der Waals surface area contributed by atoms with E-state index in [1.165, 1.54) is 36.7 Å².